The number of esters is 1. The molecule has 0 amide bonds. The lowest BCUT2D eigenvalue weighted by Gasteiger charge is -2.10. The van der Waals surface area contributed by atoms with Gasteiger partial charge in [0, 0.05) is 0 Å². The molecule has 232 valence electrons. The average Bonchev–Trinajstić information content (AvgIpc) is 2.93. The Balaban J connectivity index is 3.08. The van der Waals surface area contributed by atoms with Crippen LogP contribution in [0, 0.1) is 5.92 Å². The van der Waals surface area contributed by atoms with Crippen molar-refractivity contribution in [3.63, 3.8) is 0 Å². The van der Waals surface area contributed by atoms with E-state index in [9.17, 15) is 9.59 Å². The summed E-state index contributed by atoms with van der Waals surface area (Å²) in [4.78, 5) is 21.8. The number of carboxylic acid groups (broad SMARTS) is 1. The van der Waals surface area contributed by atoms with Crippen molar-refractivity contribution in [3.05, 3.63) is 0 Å². The minimum absolute atomic E-state index is 0.00344. The molecule has 0 heterocycles. The Labute approximate surface area is 232 Å². The van der Waals surface area contributed by atoms with Crippen LogP contribution in [-0.2, 0) is 57.0 Å². The van der Waals surface area contributed by atoms with Gasteiger partial charge >= 0.3 is 11.9 Å². The first-order chi connectivity index (χ1) is 19.1. The predicted molar refractivity (Wildman–Crippen MR) is 140 cm³/mol. The summed E-state index contributed by atoms with van der Waals surface area (Å²) in [6.07, 6.45) is 0.764. The van der Waals surface area contributed by atoms with E-state index in [1.54, 1.807) is 0 Å². The lowest BCUT2D eigenvalue weighted by atomic mass is 10.1. The number of carbonyl (C=O) groups excluding carboxylic acids is 1. The van der Waals surface area contributed by atoms with Gasteiger partial charge in [0.1, 0.15) is 6.61 Å². The van der Waals surface area contributed by atoms with Gasteiger partial charge in [-0.1, -0.05) is 13.8 Å². The van der Waals surface area contributed by atoms with Crippen LogP contribution in [0.4, 0.5) is 0 Å². The molecule has 0 bridgehead atoms. The summed E-state index contributed by atoms with van der Waals surface area (Å²) in [6, 6.07) is 0. The molecule has 0 aromatic carbocycles. The van der Waals surface area contributed by atoms with Gasteiger partial charge in [0.2, 0.25) is 0 Å². The maximum absolute atomic E-state index is 11.5. The second kappa shape index (κ2) is 31.1. The SMILES string of the molecule is CCC(C)C(=O)OCCOCCOCCOCCOCCOCCOCCOCCOCCOCCC(=O)O. The normalized spacial score (nSPS) is 12.1. The third kappa shape index (κ3) is 31.0. The molecule has 1 atom stereocenters. The van der Waals surface area contributed by atoms with Gasteiger partial charge < -0.3 is 52.5 Å². The Morgan fingerprint density at radius 3 is 1.00 bits per heavy atom. The zero-order valence-corrected chi connectivity index (χ0v) is 23.8. The number of hydrogen-bond donors (Lipinski definition) is 1. The molecule has 39 heavy (non-hydrogen) atoms. The lowest BCUT2D eigenvalue weighted by molar-refractivity contribution is -0.149. The fourth-order valence-corrected chi connectivity index (χ4v) is 2.53. The summed E-state index contributed by atoms with van der Waals surface area (Å²) >= 11 is 0. The first kappa shape index (κ1) is 37.6. The second-order valence-electron chi connectivity index (χ2n) is 8.13. The quantitative estimate of drug-likeness (QED) is 0.0913. The fourth-order valence-electron chi connectivity index (χ4n) is 2.53. The van der Waals surface area contributed by atoms with Crippen molar-refractivity contribution in [2.75, 3.05) is 126 Å². The molecule has 0 aromatic rings. The van der Waals surface area contributed by atoms with Crippen LogP contribution in [-0.4, -0.2) is 143 Å². The number of carboxylic acids is 1. The van der Waals surface area contributed by atoms with Gasteiger partial charge in [0.15, 0.2) is 0 Å². The smallest absolute Gasteiger partial charge is 0.308 e. The number of rotatable bonds is 32. The van der Waals surface area contributed by atoms with Crippen LogP contribution in [0.5, 0.6) is 0 Å². The minimum atomic E-state index is -0.876. The Morgan fingerprint density at radius 2 is 0.744 bits per heavy atom. The van der Waals surface area contributed by atoms with E-state index in [1.807, 2.05) is 13.8 Å². The highest BCUT2D eigenvalue weighted by Crippen LogP contribution is 2.02. The van der Waals surface area contributed by atoms with Gasteiger partial charge in [-0.15, -0.1) is 0 Å². The molecular weight excluding hydrogens is 520 g/mol. The molecular formula is C26H50O13. The van der Waals surface area contributed by atoms with Crippen molar-refractivity contribution >= 4 is 11.9 Å². The molecule has 0 radical (unpaired) electrons. The van der Waals surface area contributed by atoms with Gasteiger partial charge in [-0.2, -0.15) is 0 Å². The van der Waals surface area contributed by atoms with Crippen molar-refractivity contribution in [3.8, 4) is 0 Å². The number of carbonyl (C=O) groups is 2. The maximum atomic E-state index is 11.5. The number of hydrogen-bond acceptors (Lipinski definition) is 12. The van der Waals surface area contributed by atoms with E-state index < -0.39 is 5.97 Å². The Morgan fingerprint density at radius 1 is 0.487 bits per heavy atom. The van der Waals surface area contributed by atoms with E-state index >= 15 is 0 Å². The van der Waals surface area contributed by atoms with Crippen molar-refractivity contribution < 1.29 is 62.1 Å². The van der Waals surface area contributed by atoms with E-state index in [0.29, 0.717) is 112 Å². The van der Waals surface area contributed by atoms with Crippen LogP contribution in [0.2, 0.25) is 0 Å². The molecule has 1 unspecified atom stereocenters. The van der Waals surface area contributed by atoms with Gasteiger partial charge in [0.25, 0.3) is 0 Å². The monoisotopic (exact) mass is 570 g/mol. The number of ether oxygens (including phenoxy) is 10. The third-order valence-corrected chi connectivity index (χ3v) is 4.92. The summed E-state index contributed by atoms with van der Waals surface area (Å²) in [7, 11) is 0. The molecule has 0 aliphatic heterocycles. The van der Waals surface area contributed by atoms with Crippen molar-refractivity contribution in [2.45, 2.75) is 26.7 Å². The fraction of sp³-hybridized carbons (Fsp3) is 0.923. The molecule has 13 nitrogen and oxygen atoms in total. The Bertz CT molecular complexity index is 536. The molecule has 0 aromatic heterocycles. The molecule has 0 fully saturated rings. The van der Waals surface area contributed by atoms with E-state index in [4.69, 9.17) is 52.5 Å². The van der Waals surface area contributed by atoms with Crippen LogP contribution in [0.1, 0.15) is 26.7 Å². The summed E-state index contributed by atoms with van der Waals surface area (Å²) in [6.45, 7) is 12.0. The standard InChI is InChI=1S/C26H50O13/c1-3-24(2)26(29)39-23-22-38-21-20-37-19-18-36-17-16-35-15-14-34-13-12-33-11-10-32-9-8-31-7-6-30-5-4-25(27)28/h24H,3-23H2,1-2H3,(H,27,28). The highest BCUT2D eigenvalue weighted by molar-refractivity contribution is 5.71. The van der Waals surface area contributed by atoms with Gasteiger partial charge in [-0.25, -0.2) is 0 Å². The predicted octanol–water partition coefficient (Wildman–Crippen LogP) is 1.20. The molecule has 13 heteroatoms. The zero-order valence-electron chi connectivity index (χ0n) is 23.8. The maximum Gasteiger partial charge on any atom is 0.308 e. The molecule has 0 saturated carbocycles. The largest absolute Gasteiger partial charge is 0.481 e. The minimum Gasteiger partial charge on any atom is -0.481 e. The summed E-state index contributed by atoms with van der Waals surface area (Å²) in [5.74, 6) is -1.14. The van der Waals surface area contributed by atoms with E-state index in [2.05, 4.69) is 0 Å². The highest BCUT2D eigenvalue weighted by Gasteiger charge is 2.11. The van der Waals surface area contributed by atoms with Crippen LogP contribution in [0.25, 0.3) is 0 Å². The first-order valence-electron chi connectivity index (χ1n) is 13.7. The highest BCUT2D eigenvalue weighted by atomic mass is 16.6. The molecule has 0 aliphatic carbocycles. The lowest BCUT2D eigenvalue weighted by Crippen LogP contribution is -2.18. The van der Waals surface area contributed by atoms with Gasteiger partial charge in [0.05, 0.1) is 131 Å². The molecule has 0 rings (SSSR count). The van der Waals surface area contributed by atoms with Crippen molar-refractivity contribution in [2.24, 2.45) is 5.92 Å². The van der Waals surface area contributed by atoms with Crippen LogP contribution in [0.15, 0.2) is 0 Å². The Kier molecular flexibility index (Phi) is 30.0. The number of aliphatic carboxylic acids is 1. The van der Waals surface area contributed by atoms with E-state index in [0.717, 1.165) is 6.42 Å². The van der Waals surface area contributed by atoms with E-state index in [1.165, 1.54) is 0 Å². The molecule has 0 spiro atoms. The molecule has 0 saturated heterocycles. The third-order valence-electron chi connectivity index (χ3n) is 4.92. The second-order valence-corrected chi connectivity index (χ2v) is 8.13. The average molecular weight is 571 g/mol. The van der Waals surface area contributed by atoms with Crippen molar-refractivity contribution in [1.29, 1.82) is 0 Å². The first-order valence-corrected chi connectivity index (χ1v) is 13.7. The van der Waals surface area contributed by atoms with Crippen LogP contribution < -0.4 is 0 Å². The summed E-state index contributed by atoms with van der Waals surface area (Å²) in [5, 5.41) is 8.47. The molecule has 0 aliphatic rings. The van der Waals surface area contributed by atoms with Gasteiger partial charge in [-0.3, -0.25) is 9.59 Å². The van der Waals surface area contributed by atoms with Crippen LogP contribution >= 0.6 is 0 Å². The van der Waals surface area contributed by atoms with E-state index in [-0.39, 0.29) is 31.5 Å². The topological polar surface area (TPSA) is 147 Å². The Hall–Kier alpha value is -1.42. The van der Waals surface area contributed by atoms with Crippen molar-refractivity contribution in [1.82, 2.24) is 0 Å². The summed E-state index contributed by atoms with van der Waals surface area (Å²) in [5.41, 5.74) is 0. The molecule has 1 N–H and O–H groups in total. The summed E-state index contributed by atoms with van der Waals surface area (Å²) < 4.78 is 53.3. The van der Waals surface area contributed by atoms with Crippen LogP contribution in [0.3, 0.4) is 0 Å². The zero-order chi connectivity index (χ0) is 28.7. The van der Waals surface area contributed by atoms with Gasteiger partial charge in [-0.05, 0) is 6.42 Å².